The third-order valence-electron chi connectivity index (χ3n) is 3.15. The van der Waals surface area contributed by atoms with E-state index in [1.807, 2.05) is 12.1 Å². The molecular formula is C16H12Cl2N4O2S. The zero-order chi connectivity index (χ0) is 17.8. The van der Waals surface area contributed by atoms with E-state index in [0.29, 0.717) is 25.9 Å². The lowest BCUT2D eigenvalue weighted by molar-refractivity contribution is -0.122. The Bertz CT molecular complexity index is 889. The molecule has 1 amide bonds. The van der Waals surface area contributed by atoms with Gasteiger partial charge in [0.25, 0.3) is 5.91 Å². The van der Waals surface area contributed by atoms with Crippen LogP contribution in [0, 0.1) is 0 Å². The van der Waals surface area contributed by atoms with Gasteiger partial charge < -0.3 is 4.74 Å². The van der Waals surface area contributed by atoms with E-state index in [-0.39, 0.29) is 5.91 Å². The molecule has 25 heavy (non-hydrogen) atoms. The first-order chi connectivity index (χ1) is 12.0. The second-order valence-corrected chi connectivity index (χ2v) is 6.79. The van der Waals surface area contributed by atoms with Gasteiger partial charge in [0, 0.05) is 23.0 Å². The number of nitrogens with one attached hydrogen (secondary N) is 1. The molecule has 2 aromatic heterocycles. The largest absolute Gasteiger partial charge is 0.479 e. The first-order valence-corrected chi connectivity index (χ1v) is 8.76. The standard InChI is InChI=1S/C16H12Cl2N4O2S/c1-9(24-13-3-2-11(17)8-12(13)18)14(23)20-16-22-21-15(25-16)10-4-6-19-7-5-10/h2-9H,1H3,(H,20,22,23). The molecule has 9 heteroatoms. The summed E-state index contributed by atoms with van der Waals surface area (Å²) in [6.45, 7) is 1.62. The summed E-state index contributed by atoms with van der Waals surface area (Å²) in [5, 5.41) is 12.6. The highest BCUT2D eigenvalue weighted by molar-refractivity contribution is 7.18. The van der Waals surface area contributed by atoms with Gasteiger partial charge in [-0.3, -0.25) is 15.1 Å². The molecule has 3 rings (SSSR count). The third kappa shape index (κ3) is 4.45. The van der Waals surface area contributed by atoms with Crippen molar-refractivity contribution in [2.45, 2.75) is 13.0 Å². The van der Waals surface area contributed by atoms with Crippen LogP contribution in [0.25, 0.3) is 10.6 Å². The number of amides is 1. The maximum absolute atomic E-state index is 12.3. The van der Waals surface area contributed by atoms with Crippen molar-refractivity contribution in [3.05, 3.63) is 52.8 Å². The van der Waals surface area contributed by atoms with Crippen LogP contribution in [0.15, 0.2) is 42.7 Å². The number of benzene rings is 1. The van der Waals surface area contributed by atoms with Gasteiger partial charge in [-0.1, -0.05) is 34.5 Å². The van der Waals surface area contributed by atoms with Crippen LogP contribution in [0.5, 0.6) is 5.75 Å². The molecule has 0 bridgehead atoms. The minimum Gasteiger partial charge on any atom is -0.479 e. The zero-order valence-corrected chi connectivity index (χ0v) is 15.3. The number of pyridine rings is 1. The molecule has 2 heterocycles. The monoisotopic (exact) mass is 394 g/mol. The van der Waals surface area contributed by atoms with Crippen molar-refractivity contribution in [1.82, 2.24) is 15.2 Å². The molecule has 1 atom stereocenters. The molecular weight excluding hydrogens is 383 g/mol. The lowest BCUT2D eigenvalue weighted by atomic mass is 10.3. The number of anilines is 1. The number of rotatable bonds is 5. The lowest BCUT2D eigenvalue weighted by Crippen LogP contribution is -2.30. The summed E-state index contributed by atoms with van der Waals surface area (Å²) < 4.78 is 5.57. The zero-order valence-electron chi connectivity index (χ0n) is 12.9. The molecule has 128 valence electrons. The SMILES string of the molecule is CC(Oc1ccc(Cl)cc1Cl)C(=O)Nc1nnc(-c2ccncc2)s1. The smallest absolute Gasteiger partial charge is 0.266 e. The van der Waals surface area contributed by atoms with E-state index >= 15 is 0 Å². The number of carbonyl (C=O) groups is 1. The number of halogens is 2. The predicted molar refractivity (Wildman–Crippen MR) is 98.3 cm³/mol. The number of ether oxygens (including phenoxy) is 1. The van der Waals surface area contributed by atoms with Gasteiger partial charge in [-0.15, -0.1) is 10.2 Å². The molecule has 0 aliphatic carbocycles. The van der Waals surface area contributed by atoms with Crippen molar-refractivity contribution in [2.75, 3.05) is 5.32 Å². The molecule has 0 radical (unpaired) electrons. The second kappa shape index (κ2) is 7.77. The molecule has 1 aromatic carbocycles. The Balaban J connectivity index is 1.65. The summed E-state index contributed by atoms with van der Waals surface area (Å²) in [4.78, 5) is 16.2. The Hall–Kier alpha value is -2.22. The summed E-state index contributed by atoms with van der Waals surface area (Å²) in [6, 6.07) is 8.44. The Morgan fingerprint density at radius 3 is 2.68 bits per heavy atom. The molecule has 0 aliphatic rings. The van der Waals surface area contributed by atoms with E-state index in [1.165, 1.54) is 11.3 Å². The van der Waals surface area contributed by atoms with E-state index in [2.05, 4.69) is 20.5 Å². The van der Waals surface area contributed by atoms with Gasteiger partial charge in [0.15, 0.2) is 6.10 Å². The number of aromatic nitrogens is 3. The average Bonchev–Trinajstić information content (AvgIpc) is 3.06. The molecule has 6 nitrogen and oxygen atoms in total. The van der Waals surface area contributed by atoms with Crippen molar-refractivity contribution in [3.63, 3.8) is 0 Å². The Morgan fingerprint density at radius 2 is 1.96 bits per heavy atom. The van der Waals surface area contributed by atoms with Gasteiger partial charge in [0.05, 0.1) is 5.02 Å². The minimum absolute atomic E-state index is 0.336. The molecule has 0 saturated heterocycles. The molecule has 0 saturated carbocycles. The topological polar surface area (TPSA) is 77.0 Å². The fourth-order valence-electron chi connectivity index (χ4n) is 1.91. The summed E-state index contributed by atoms with van der Waals surface area (Å²) in [6.07, 6.45) is 2.56. The Kier molecular flexibility index (Phi) is 5.47. The van der Waals surface area contributed by atoms with Crippen LogP contribution in [0.4, 0.5) is 5.13 Å². The number of carbonyl (C=O) groups excluding carboxylic acids is 1. The number of nitrogens with zero attached hydrogens (tertiary/aromatic N) is 3. The summed E-state index contributed by atoms with van der Waals surface area (Å²) in [5.41, 5.74) is 0.880. The summed E-state index contributed by atoms with van der Waals surface area (Å²) in [7, 11) is 0. The van der Waals surface area contributed by atoms with Crippen molar-refractivity contribution in [1.29, 1.82) is 0 Å². The fraction of sp³-hybridized carbons (Fsp3) is 0.125. The van der Waals surface area contributed by atoms with Crippen LogP contribution in [-0.2, 0) is 4.79 Å². The first-order valence-electron chi connectivity index (χ1n) is 7.19. The van der Waals surface area contributed by atoms with Gasteiger partial charge in [0.2, 0.25) is 5.13 Å². The predicted octanol–water partition coefficient (Wildman–Crippen LogP) is 4.31. The van der Waals surface area contributed by atoms with Gasteiger partial charge in [-0.2, -0.15) is 0 Å². The maximum Gasteiger partial charge on any atom is 0.266 e. The molecule has 1 N–H and O–H groups in total. The number of hydrogen-bond donors (Lipinski definition) is 1. The van der Waals surface area contributed by atoms with Gasteiger partial charge >= 0.3 is 0 Å². The Labute approximate surface area is 157 Å². The van der Waals surface area contributed by atoms with Crippen LogP contribution in [0.1, 0.15) is 6.92 Å². The fourth-order valence-corrected chi connectivity index (χ4v) is 3.11. The number of hydrogen-bond acceptors (Lipinski definition) is 6. The van der Waals surface area contributed by atoms with E-state index in [0.717, 1.165) is 5.56 Å². The van der Waals surface area contributed by atoms with E-state index < -0.39 is 6.10 Å². The quantitative estimate of drug-likeness (QED) is 0.697. The van der Waals surface area contributed by atoms with Crippen molar-refractivity contribution >= 4 is 45.6 Å². The van der Waals surface area contributed by atoms with Crippen LogP contribution in [0.3, 0.4) is 0 Å². The molecule has 0 spiro atoms. The highest BCUT2D eigenvalue weighted by Crippen LogP contribution is 2.29. The van der Waals surface area contributed by atoms with E-state index in [4.69, 9.17) is 27.9 Å². The van der Waals surface area contributed by atoms with E-state index in [1.54, 1.807) is 37.5 Å². The molecule has 0 fully saturated rings. The second-order valence-electron chi connectivity index (χ2n) is 4.97. The highest BCUT2D eigenvalue weighted by Gasteiger charge is 2.18. The lowest BCUT2D eigenvalue weighted by Gasteiger charge is -2.14. The minimum atomic E-state index is -0.771. The van der Waals surface area contributed by atoms with Crippen LogP contribution in [0.2, 0.25) is 10.0 Å². The van der Waals surface area contributed by atoms with Crippen LogP contribution < -0.4 is 10.1 Å². The van der Waals surface area contributed by atoms with E-state index in [9.17, 15) is 4.79 Å². The molecule has 1 unspecified atom stereocenters. The van der Waals surface area contributed by atoms with Gasteiger partial charge in [0.1, 0.15) is 10.8 Å². The van der Waals surface area contributed by atoms with Gasteiger partial charge in [-0.25, -0.2) is 0 Å². The van der Waals surface area contributed by atoms with Gasteiger partial charge in [-0.05, 0) is 37.3 Å². The molecule has 3 aromatic rings. The normalized spacial score (nSPS) is 11.8. The van der Waals surface area contributed by atoms with Crippen molar-refractivity contribution in [3.8, 4) is 16.3 Å². The van der Waals surface area contributed by atoms with Crippen LogP contribution in [-0.4, -0.2) is 27.2 Å². The van der Waals surface area contributed by atoms with Crippen molar-refractivity contribution < 1.29 is 9.53 Å². The first kappa shape index (κ1) is 17.6. The third-order valence-corrected chi connectivity index (χ3v) is 4.57. The highest BCUT2D eigenvalue weighted by atomic mass is 35.5. The van der Waals surface area contributed by atoms with Crippen molar-refractivity contribution in [2.24, 2.45) is 0 Å². The average molecular weight is 395 g/mol. The summed E-state index contributed by atoms with van der Waals surface area (Å²) in [5.74, 6) is 0.0203. The Morgan fingerprint density at radius 1 is 1.20 bits per heavy atom. The van der Waals surface area contributed by atoms with Crippen LogP contribution >= 0.6 is 34.5 Å². The maximum atomic E-state index is 12.3. The summed E-state index contributed by atoms with van der Waals surface area (Å²) >= 11 is 13.1. The molecule has 0 aliphatic heterocycles.